The third kappa shape index (κ3) is 3.06. The van der Waals surface area contributed by atoms with Crippen LogP contribution in [-0.4, -0.2) is 30.1 Å². The summed E-state index contributed by atoms with van der Waals surface area (Å²) in [4.78, 5) is 3.10. The zero-order valence-electron chi connectivity index (χ0n) is 9.67. The van der Waals surface area contributed by atoms with E-state index in [2.05, 4.69) is 25.2 Å². The fourth-order valence-electron chi connectivity index (χ4n) is 1.33. The predicted octanol–water partition coefficient (Wildman–Crippen LogP) is 0.776. The summed E-state index contributed by atoms with van der Waals surface area (Å²) < 4.78 is 26.3. The summed E-state index contributed by atoms with van der Waals surface area (Å²) >= 11 is 1.13. The number of hydrogen-bond acceptors (Lipinski definition) is 6. The van der Waals surface area contributed by atoms with Gasteiger partial charge in [-0.2, -0.15) is 0 Å². The topological polar surface area (TPSA) is 99.8 Å². The molecule has 0 bridgehead atoms. The van der Waals surface area contributed by atoms with Gasteiger partial charge in [0.05, 0.1) is 0 Å². The van der Waals surface area contributed by atoms with Crippen molar-refractivity contribution in [1.82, 2.24) is 20.5 Å². The molecule has 0 aliphatic heterocycles. The highest BCUT2D eigenvalue weighted by Crippen LogP contribution is 2.17. The van der Waals surface area contributed by atoms with Crippen LogP contribution < -0.4 is 10.0 Å². The maximum atomic E-state index is 12.0. The van der Waals surface area contributed by atoms with Crippen LogP contribution in [0.2, 0.25) is 0 Å². The van der Waals surface area contributed by atoms with Crippen molar-refractivity contribution in [3.63, 3.8) is 0 Å². The molecule has 7 nitrogen and oxygen atoms in total. The van der Waals surface area contributed by atoms with Crippen LogP contribution in [0.3, 0.4) is 0 Å². The first kappa shape index (κ1) is 13.0. The normalized spacial score (nSPS) is 11.6. The molecule has 2 heterocycles. The van der Waals surface area contributed by atoms with Gasteiger partial charge in [0.1, 0.15) is 10.4 Å². The molecular formula is C9H13N5O2S2. The van der Waals surface area contributed by atoms with Crippen molar-refractivity contribution in [3.8, 4) is 0 Å². The molecule has 0 unspecified atom stereocenters. The summed E-state index contributed by atoms with van der Waals surface area (Å²) in [5.41, 5.74) is 2.28. The van der Waals surface area contributed by atoms with Gasteiger partial charge in [-0.1, -0.05) is 18.3 Å². The molecule has 3 N–H and O–H groups in total. The third-order valence-corrected chi connectivity index (χ3v) is 4.23. The first-order chi connectivity index (χ1) is 8.62. The summed E-state index contributed by atoms with van der Waals surface area (Å²) in [5.74, 6) is 0. The van der Waals surface area contributed by atoms with E-state index in [4.69, 9.17) is 0 Å². The van der Waals surface area contributed by atoms with Gasteiger partial charge in [0.2, 0.25) is 5.13 Å². The Morgan fingerprint density at radius 2 is 2.33 bits per heavy atom. The van der Waals surface area contributed by atoms with Crippen molar-refractivity contribution in [3.05, 3.63) is 23.5 Å². The highest BCUT2D eigenvalue weighted by atomic mass is 32.2. The van der Waals surface area contributed by atoms with Crippen LogP contribution in [0.4, 0.5) is 5.13 Å². The van der Waals surface area contributed by atoms with Gasteiger partial charge >= 0.3 is 0 Å². The molecule has 0 saturated heterocycles. The monoisotopic (exact) mass is 287 g/mol. The van der Waals surface area contributed by atoms with Crippen LogP contribution in [-0.2, 0) is 16.6 Å². The molecule has 2 aromatic rings. The molecule has 0 aromatic carbocycles. The molecule has 98 valence electrons. The minimum Gasteiger partial charge on any atom is -0.363 e. The molecule has 2 rings (SSSR count). The smallest absolute Gasteiger partial charge is 0.265 e. The molecule has 0 radical (unpaired) electrons. The highest BCUT2D eigenvalue weighted by Gasteiger charge is 2.17. The number of H-pyrrole nitrogens is 1. The third-order valence-electron chi connectivity index (χ3n) is 2.17. The van der Waals surface area contributed by atoms with Crippen molar-refractivity contribution < 1.29 is 8.42 Å². The van der Waals surface area contributed by atoms with Crippen LogP contribution in [0.1, 0.15) is 12.6 Å². The summed E-state index contributed by atoms with van der Waals surface area (Å²) in [6, 6.07) is 1.59. The Balaban J connectivity index is 2.12. The van der Waals surface area contributed by atoms with E-state index in [-0.39, 0.29) is 10.0 Å². The van der Waals surface area contributed by atoms with E-state index < -0.39 is 10.0 Å². The fraction of sp³-hybridized carbons (Fsp3) is 0.333. The predicted molar refractivity (Wildman–Crippen MR) is 68.9 cm³/mol. The Kier molecular flexibility index (Phi) is 3.94. The number of anilines is 1. The van der Waals surface area contributed by atoms with Crippen LogP contribution in [0.5, 0.6) is 0 Å². The maximum absolute atomic E-state index is 12.0. The van der Waals surface area contributed by atoms with E-state index >= 15 is 0 Å². The standard InChI is InChI=1S/C9H13N5O2S2/c1-2-10-4-7-3-8(5-11-7)18(15,16)14-9-13-12-6-17-9/h3,5-6,10-11H,2,4H2,1H3,(H,13,14). The lowest BCUT2D eigenvalue weighted by Gasteiger charge is -2.01. The summed E-state index contributed by atoms with van der Waals surface area (Å²) in [5, 5.41) is 10.6. The van der Waals surface area contributed by atoms with Gasteiger partial charge in [-0.15, -0.1) is 10.2 Å². The van der Waals surface area contributed by atoms with Gasteiger partial charge in [-0.25, -0.2) is 8.42 Å². The first-order valence-corrected chi connectivity index (χ1v) is 7.65. The molecule has 0 aliphatic rings. The van der Waals surface area contributed by atoms with E-state index in [1.807, 2.05) is 6.92 Å². The largest absolute Gasteiger partial charge is 0.363 e. The molecule has 0 spiro atoms. The number of nitrogens with one attached hydrogen (secondary N) is 3. The van der Waals surface area contributed by atoms with Gasteiger partial charge in [-0.05, 0) is 12.6 Å². The summed E-state index contributed by atoms with van der Waals surface area (Å²) in [7, 11) is -3.59. The molecule has 2 aromatic heterocycles. The van der Waals surface area contributed by atoms with Crippen molar-refractivity contribution in [2.45, 2.75) is 18.4 Å². The van der Waals surface area contributed by atoms with Gasteiger partial charge in [0.15, 0.2) is 0 Å². The van der Waals surface area contributed by atoms with Gasteiger partial charge in [0, 0.05) is 18.4 Å². The Morgan fingerprint density at radius 1 is 1.50 bits per heavy atom. The fourth-order valence-corrected chi connectivity index (χ4v) is 3.04. The molecule has 9 heteroatoms. The van der Waals surface area contributed by atoms with E-state index in [1.165, 1.54) is 11.7 Å². The second-order valence-electron chi connectivity index (χ2n) is 3.49. The minimum absolute atomic E-state index is 0.186. The summed E-state index contributed by atoms with van der Waals surface area (Å²) in [6.07, 6.45) is 1.45. The molecular weight excluding hydrogens is 274 g/mol. The van der Waals surface area contributed by atoms with Gasteiger partial charge < -0.3 is 10.3 Å². The zero-order chi connectivity index (χ0) is 13.0. The van der Waals surface area contributed by atoms with Crippen LogP contribution >= 0.6 is 11.3 Å². The lowest BCUT2D eigenvalue weighted by molar-refractivity contribution is 0.601. The van der Waals surface area contributed by atoms with E-state index in [9.17, 15) is 8.42 Å². The number of rotatable bonds is 6. The number of hydrogen-bond donors (Lipinski definition) is 3. The van der Waals surface area contributed by atoms with Gasteiger partial charge in [-0.3, -0.25) is 4.72 Å². The Morgan fingerprint density at radius 3 is 3.00 bits per heavy atom. The van der Waals surface area contributed by atoms with Crippen molar-refractivity contribution in [2.75, 3.05) is 11.3 Å². The molecule has 0 aliphatic carbocycles. The molecule has 0 atom stereocenters. The number of aromatic nitrogens is 3. The first-order valence-electron chi connectivity index (χ1n) is 5.29. The second kappa shape index (κ2) is 5.46. The van der Waals surface area contributed by atoms with Crippen LogP contribution in [0.15, 0.2) is 22.7 Å². The SMILES string of the molecule is CCNCc1cc(S(=O)(=O)Nc2nncs2)c[nH]1. The van der Waals surface area contributed by atoms with Gasteiger partial charge in [0.25, 0.3) is 10.0 Å². The average molecular weight is 287 g/mol. The van der Waals surface area contributed by atoms with Crippen LogP contribution in [0.25, 0.3) is 0 Å². The Bertz CT molecular complexity index is 590. The Labute approximate surface area is 109 Å². The quantitative estimate of drug-likeness (QED) is 0.729. The molecule has 18 heavy (non-hydrogen) atoms. The number of nitrogens with zero attached hydrogens (tertiary/aromatic N) is 2. The highest BCUT2D eigenvalue weighted by molar-refractivity contribution is 7.93. The summed E-state index contributed by atoms with van der Waals surface area (Å²) in [6.45, 7) is 3.41. The Hall–Kier alpha value is -1.45. The van der Waals surface area contributed by atoms with Crippen LogP contribution in [0, 0.1) is 0 Å². The van der Waals surface area contributed by atoms with E-state index in [0.29, 0.717) is 6.54 Å². The molecule has 0 amide bonds. The lowest BCUT2D eigenvalue weighted by atomic mass is 10.4. The lowest BCUT2D eigenvalue weighted by Crippen LogP contribution is -2.13. The maximum Gasteiger partial charge on any atom is 0.265 e. The van der Waals surface area contributed by atoms with Crippen molar-refractivity contribution in [2.24, 2.45) is 0 Å². The average Bonchev–Trinajstić information content (AvgIpc) is 2.96. The second-order valence-corrected chi connectivity index (χ2v) is 6.01. The molecule has 0 fully saturated rings. The van der Waals surface area contributed by atoms with Crippen molar-refractivity contribution in [1.29, 1.82) is 0 Å². The molecule has 0 saturated carbocycles. The van der Waals surface area contributed by atoms with E-state index in [1.54, 1.807) is 6.07 Å². The minimum atomic E-state index is -3.59. The zero-order valence-corrected chi connectivity index (χ0v) is 11.3. The van der Waals surface area contributed by atoms with E-state index in [0.717, 1.165) is 23.6 Å². The van der Waals surface area contributed by atoms with Crippen molar-refractivity contribution >= 4 is 26.5 Å². The number of aromatic amines is 1. The number of sulfonamides is 1.